The van der Waals surface area contributed by atoms with Gasteiger partial charge in [-0.1, -0.05) is 24.8 Å². The van der Waals surface area contributed by atoms with Crippen molar-refractivity contribution in [1.82, 2.24) is 5.48 Å². The Morgan fingerprint density at radius 2 is 2.00 bits per heavy atom. The second kappa shape index (κ2) is 5.98. The second-order valence-corrected chi connectivity index (χ2v) is 1.11. The molecule has 0 saturated carbocycles. The van der Waals surface area contributed by atoms with Crippen molar-refractivity contribution in [3.8, 4) is 0 Å². The Balaban J connectivity index is 3.26. The number of hydrogen-bond donors (Lipinski definition) is 2. The molecule has 0 bridgehead atoms. The summed E-state index contributed by atoms with van der Waals surface area (Å²) in [7, 11) is 0. The SMILES string of the molecule is C=CC=CC=CNO. The summed E-state index contributed by atoms with van der Waals surface area (Å²) in [4.78, 5) is 0. The molecule has 2 heteroatoms. The first-order valence-electron chi connectivity index (χ1n) is 2.25. The number of allylic oxidation sites excluding steroid dienone is 4. The van der Waals surface area contributed by atoms with Crippen LogP contribution < -0.4 is 5.48 Å². The van der Waals surface area contributed by atoms with Gasteiger partial charge in [0.15, 0.2) is 0 Å². The fraction of sp³-hybridized carbons (Fsp3) is 0. The standard InChI is InChI=1S/C6H9NO/c1-2-3-4-5-6-7-8/h2-8H,1H2. The first-order valence-corrected chi connectivity index (χ1v) is 2.25. The summed E-state index contributed by atoms with van der Waals surface area (Å²) in [6.07, 6.45) is 8.22. The van der Waals surface area contributed by atoms with Crippen LogP contribution in [-0.4, -0.2) is 5.21 Å². The molecule has 0 saturated heterocycles. The molecule has 0 amide bonds. The molecule has 0 aliphatic heterocycles. The average Bonchev–Trinajstić information content (AvgIpc) is 1.81. The van der Waals surface area contributed by atoms with Crippen molar-refractivity contribution in [3.63, 3.8) is 0 Å². The Labute approximate surface area is 48.8 Å². The smallest absolute Gasteiger partial charge is 0.0240 e. The van der Waals surface area contributed by atoms with Crippen molar-refractivity contribution in [2.45, 2.75) is 0 Å². The van der Waals surface area contributed by atoms with Crippen molar-refractivity contribution in [2.24, 2.45) is 0 Å². The summed E-state index contributed by atoms with van der Waals surface area (Å²) in [6, 6.07) is 0. The number of hydrogen-bond acceptors (Lipinski definition) is 2. The Bertz CT molecular complexity index is 105. The minimum absolute atomic E-state index is 1.40. The van der Waals surface area contributed by atoms with Gasteiger partial charge in [-0.25, -0.2) is 0 Å². The van der Waals surface area contributed by atoms with Gasteiger partial charge in [-0.2, -0.15) is 0 Å². The summed E-state index contributed by atoms with van der Waals surface area (Å²) in [5.41, 5.74) is 1.86. The maximum absolute atomic E-state index is 7.97. The monoisotopic (exact) mass is 111 g/mol. The molecular weight excluding hydrogens is 102 g/mol. The van der Waals surface area contributed by atoms with Crippen LogP contribution >= 0.6 is 0 Å². The molecule has 0 aliphatic rings. The molecule has 0 rings (SSSR count). The average molecular weight is 111 g/mol. The van der Waals surface area contributed by atoms with E-state index in [1.54, 1.807) is 24.3 Å². The Morgan fingerprint density at radius 1 is 1.25 bits per heavy atom. The van der Waals surface area contributed by atoms with Gasteiger partial charge in [-0.15, -0.1) is 0 Å². The molecule has 0 radical (unpaired) electrons. The van der Waals surface area contributed by atoms with Gasteiger partial charge in [-0.3, -0.25) is 10.7 Å². The topological polar surface area (TPSA) is 32.3 Å². The van der Waals surface area contributed by atoms with Crippen LogP contribution in [0.2, 0.25) is 0 Å². The van der Waals surface area contributed by atoms with Crippen molar-refractivity contribution >= 4 is 0 Å². The highest BCUT2D eigenvalue weighted by Gasteiger charge is 1.57. The van der Waals surface area contributed by atoms with E-state index in [1.807, 2.05) is 5.48 Å². The molecule has 0 heterocycles. The maximum Gasteiger partial charge on any atom is 0.0240 e. The van der Waals surface area contributed by atoms with E-state index in [0.717, 1.165) is 0 Å². The second-order valence-electron chi connectivity index (χ2n) is 1.11. The molecule has 0 unspecified atom stereocenters. The van der Waals surface area contributed by atoms with Crippen LogP contribution in [0, 0.1) is 0 Å². The van der Waals surface area contributed by atoms with Gasteiger partial charge in [0.2, 0.25) is 0 Å². The third-order valence-corrected chi connectivity index (χ3v) is 0.529. The van der Waals surface area contributed by atoms with Crippen molar-refractivity contribution in [2.75, 3.05) is 0 Å². The fourth-order valence-corrected chi connectivity index (χ4v) is 0.241. The zero-order valence-electron chi connectivity index (χ0n) is 4.54. The van der Waals surface area contributed by atoms with Crippen molar-refractivity contribution in [3.05, 3.63) is 37.1 Å². The lowest BCUT2D eigenvalue weighted by Crippen LogP contribution is -1.91. The molecule has 0 aromatic rings. The highest BCUT2D eigenvalue weighted by molar-refractivity contribution is 5.07. The molecule has 0 atom stereocenters. The lowest BCUT2D eigenvalue weighted by Gasteiger charge is -1.77. The molecule has 0 aromatic carbocycles. The summed E-state index contributed by atoms with van der Waals surface area (Å²) in [5, 5.41) is 7.97. The van der Waals surface area contributed by atoms with Gasteiger partial charge in [0.1, 0.15) is 0 Å². The number of nitrogens with one attached hydrogen (secondary N) is 1. The van der Waals surface area contributed by atoms with Crippen molar-refractivity contribution < 1.29 is 5.21 Å². The summed E-state index contributed by atoms with van der Waals surface area (Å²) in [6.45, 7) is 3.45. The molecule has 0 fully saturated rings. The fourth-order valence-electron chi connectivity index (χ4n) is 0.241. The lowest BCUT2D eigenvalue weighted by molar-refractivity contribution is 0.214. The molecular formula is C6H9NO. The first-order chi connectivity index (χ1) is 3.91. The number of hydroxylamine groups is 1. The van der Waals surface area contributed by atoms with Crippen LogP contribution in [0.15, 0.2) is 37.1 Å². The van der Waals surface area contributed by atoms with E-state index in [0.29, 0.717) is 0 Å². The van der Waals surface area contributed by atoms with Crippen LogP contribution in [0.3, 0.4) is 0 Å². The zero-order valence-corrected chi connectivity index (χ0v) is 4.54. The maximum atomic E-state index is 7.97. The van der Waals surface area contributed by atoms with Crippen LogP contribution in [0.5, 0.6) is 0 Å². The highest BCUT2D eigenvalue weighted by Crippen LogP contribution is 1.73. The van der Waals surface area contributed by atoms with E-state index in [9.17, 15) is 0 Å². The third-order valence-electron chi connectivity index (χ3n) is 0.529. The molecule has 44 valence electrons. The van der Waals surface area contributed by atoms with E-state index in [1.165, 1.54) is 6.20 Å². The zero-order chi connectivity index (χ0) is 6.24. The summed E-state index contributed by atoms with van der Waals surface area (Å²) in [5.74, 6) is 0. The van der Waals surface area contributed by atoms with Gasteiger partial charge < -0.3 is 0 Å². The molecule has 0 aliphatic carbocycles. The van der Waals surface area contributed by atoms with Gasteiger partial charge in [-0.05, 0) is 6.08 Å². The Morgan fingerprint density at radius 3 is 2.50 bits per heavy atom. The van der Waals surface area contributed by atoms with Crippen LogP contribution in [0.25, 0.3) is 0 Å². The predicted octanol–water partition coefficient (Wildman–Crippen LogP) is 1.22. The quantitative estimate of drug-likeness (QED) is 0.424. The number of rotatable bonds is 3. The van der Waals surface area contributed by atoms with Gasteiger partial charge >= 0.3 is 0 Å². The Hall–Kier alpha value is -1.02. The largest absolute Gasteiger partial charge is 0.292 e. The molecule has 0 aromatic heterocycles. The predicted molar refractivity (Wildman–Crippen MR) is 33.4 cm³/mol. The first kappa shape index (κ1) is 6.98. The highest BCUT2D eigenvalue weighted by atomic mass is 16.5. The van der Waals surface area contributed by atoms with Gasteiger partial charge in [0.25, 0.3) is 0 Å². The molecule has 2 nitrogen and oxygen atoms in total. The van der Waals surface area contributed by atoms with E-state index in [4.69, 9.17) is 5.21 Å². The van der Waals surface area contributed by atoms with E-state index in [2.05, 4.69) is 6.58 Å². The minimum atomic E-state index is 1.40. The van der Waals surface area contributed by atoms with Crippen LogP contribution in [0.1, 0.15) is 0 Å². The van der Waals surface area contributed by atoms with Crippen LogP contribution in [0.4, 0.5) is 0 Å². The lowest BCUT2D eigenvalue weighted by atomic mass is 10.5. The Kier molecular flexibility index (Phi) is 5.22. The van der Waals surface area contributed by atoms with Crippen molar-refractivity contribution in [1.29, 1.82) is 0 Å². The molecule has 2 N–H and O–H groups in total. The van der Waals surface area contributed by atoms with E-state index < -0.39 is 0 Å². The molecule has 0 spiro atoms. The van der Waals surface area contributed by atoms with Gasteiger partial charge in [0, 0.05) is 6.20 Å². The van der Waals surface area contributed by atoms with Gasteiger partial charge in [0.05, 0.1) is 0 Å². The molecule has 8 heavy (non-hydrogen) atoms. The summed E-state index contributed by atoms with van der Waals surface area (Å²) >= 11 is 0. The third kappa shape index (κ3) is 4.98. The normalized spacial score (nSPS) is 10.6. The van der Waals surface area contributed by atoms with E-state index in [-0.39, 0.29) is 0 Å². The minimum Gasteiger partial charge on any atom is -0.292 e. The summed E-state index contributed by atoms with van der Waals surface area (Å²) < 4.78 is 0. The van der Waals surface area contributed by atoms with Crippen LogP contribution in [-0.2, 0) is 0 Å². The van der Waals surface area contributed by atoms with E-state index >= 15 is 0 Å².